The fourth-order valence-electron chi connectivity index (χ4n) is 3.29. The van der Waals surface area contributed by atoms with Gasteiger partial charge in [-0.15, -0.1) is 0 Å². The van der Waals surface area contributed by atoms with Crippen LogP contribution in [-0.4, -0.2) is 46.2 Å². The topological polar surface area (TPSA) is 137 Å². The third kappa shape index (κ3) is 5.58. The molecule has 2 N–H and O–H groups in total. The van der Waals surface area contributed by atoms with Gasteiger partial charge in [0.2, 0.25) is 16.0 Å². The highest BCUT2D eigenvalue weighted by Gasteiger charge is 2.14. The van der Waals surface area contributed by atoms with Gasteiger partial charge in [0, 0.05) is 31.0 Å². The second kappa shape index (κ2) is 10.4. The van der Waals surface area contributed by atoms with E-state index in [9.17, 15) is 8.42 Å². The molecule has 0 saturated heterocycles. The molecule has 0 fully saturated rings. The number of nitrogens with zero attached hydrogens (tertiary/aromatic N) is 5. The molecule has 4 rings (SSSR count). The van der Waals surface area contributed by atoms with Gasteiger partial charge in [0.15, 0.2) is 0 Å². The Kier molecular flexibility index (Phi) is 7.18. The van der Waals surface area contributed by atoms with Crippen LogP contribution in [0.4, 0.5) is 11.6 Å². The van der Waals surface area contributed by atoms with Crippen LogP contribution in [0.3, 0.4) is 0 Å². The summed E-state index contributed by atoms with van der Waals surface area (Å²) in [5, 5.41) is 6.74. The summed E-state index contributed by atoms with van der Waals surface area (Å²) in [7, 11) is -3.64. The lowest BCUT2D eigenvalue weighted by atomic mass is 10.3. The average Bonchev–Trinajstić information content (AvgIpc) is 3.48. The predicted molar refractivity (Wildman–Crippen MR) is 125 cm³/mol. The summed E-state index contributed by atoms with van der Waals surface area (Å²) in [4.78, 5) is 13.4. The lowest BCUT2D eigenvalue weighted by Crippen LogP contribution is -2.25. The Balaban J connectivity index is 1.35. The molecule has 0 bridgehead atoms. The van der Waals surface area contributed by atoms with E-state index in [4.69, 9.17) is 4.74 Å². The lowest BCUT2D eigenvalue weighted by Gasteiger charge is -2.10. The molecule has 0 amide bonds. The zero-order valence-corrected chi connectivity index (χ0v) is 19.6. The van der Waals surface area contributed by atoms with E-state index >= 15 is 0 Å². The molecule has 0 unspecified atom stereocenters. The zero-order chi connectivity index (χ0) is 24.0. The van der Waals surface area contributed by atoms with E-state index in [1.54, 1.807) is 30.6 Å². The van der Waals surface area contributed by atoms with Gasteiger partial charge in [-0.3, -0.25) is 0 Å². The summed E-state index contributed by atoms with van der Waals surface area (Å²) in [6, 6.07) is 9.79. The molecule has 0 spiro atoms. The zero-order valence-electron chi connectivity index (χ0n) is 18.8. The van der Waals surface area contributed by atoms with Gasteiger partial charge >= 0.3 is 0 Å². The fourth-order valence-corrected chi connectivity index (χ4v) is 4.37. The third-order valence-corrected chi connectivity index (χ3v) is 6.46. The normalized spacial score (nSPS) is 11.5. The number of sulfonamides is 1. The van der Waals surface area contributed by atoms with Gasteiger partial charge in [-0.25, -0.2) is 28.1 Å². The van der Waals surface area contributed by atoms with Crippen molar-refractivity contribution in [3.8, 4) is 17.3 Å². The second-order valence-corrected chi connectivity index (χ2v) is 9.05. The summed E-state index contributed by atoms with van der Waals surface area (Å²) in [5.74, 6) is 1.69. The van der Waals surface area contributed by atoms with E-state index in [-0.39, 0.29) is 11.4 Å². The van der Waals surface area contributed by atoms with Gasteiger partial charge in [0.25, 0.3) is 5.88 Å². The number of benzene rings is 1. The van der Waals surface area contributed by atoms with Crippen molar-refractivity contribution in [2.75, 3.05) is 18.5 Å². The summed E-state index contributed by atoms with van der Waals surface area (Å²) in [6.45, 7) is 5.33. The maximum atomic E-state index is 12.5. The molecule has 34 heavy (non-hydrogen) atoms. The minimum atomic E-state index is -3.64. The quantitative estimate of drug-likeness (QED) is 0.308. The first-order valence-corrected chi connectivity index (χ1v) is 12.2. The minimum Gasteiger partial charge on any atom is -0.475 e. The number of imidazole rings is 1. The summed E-state index contributed by atoms with van der Waals surface area (Å²) < 4.78 is 39.7. The minimum absolute atomic E-state index is 0.160. The Morgan fingerprint density at radius 3 is 2.68 bits per heavy atom. The Labute approximate surface area is 197 Å². The van der Waals surface area contributed by atoms with Crippen molar-refractivity contribution in [2.45, 2.75) is 31.7 Å². The van der Waals surface area contributed by atoms with Crippen molar-refractivity contribution >= 4 is 21.7 Å². The van der Waals surface area contributed by atoms with Crippen molar-refractivity contribution in [1.82, 2.24) is 29.4 Å². The van der Waals surface area contributed by atoms with Crippen molar-refractivity contribution in [3.63, 3.8) is 0 Å². The van der Waals surface area contributed by atoms with Gasteiger partial charge in [0.1, 0.15) is 12.1 Å². The van der Waals surface area contributed by atoms with Gasteiger partial charge in [0.05, 0.1) is 29.1 Å². The smallest absolute Gasteiger partial charge is 0.253 e. The highest BCUT2D eigenvalue weighted by molar-refractivity contribution is 7.89. The van der Waals surface area contributed by atoms with E-state index in [1.165, 1.54) is 18.4 Å². The molecule has 0 aliphatic rings. The van der Waals surface area contributed by atoms with Gasteiger partial charge in [-0.1, -0.05) is 0 Å². The number of nitrogens with one attached hydrogen (secondary N) is 2. The maximum Gasteiger partial charge on any atom is 0.253 e. The summed E-state index contributed by atoms with van der Waals surface area (Å²) in [6.07, 6.45) is 5.35. The molecule has 0 atom stereocenters. The molecule has 0 aliphatic carbocycles. The molecule has 4 aromatic rings. The van der Waals surface area contributed by atoms with Crippen LogP contribution < -0.4 is 14.8 Å². The molecule has 1 aromatic carbocycles. The molecular weight excluding hydrogens is 458 g/mol. The number of aryl methyl sites for hydroxylation is 1. The summed E-state index contributed by atoms with van der Waals surface area (Å²) >= 11 is 0. The Morgan fingerprint density at radius 1 is 1.12 bits per heavy atom. The van der Waals surface area contributed by atoms with Crippen LogP contribution in [0.5, 0.6) is 5.88 Å². The monoisotopic (exact) mass is 483 g/mol. The molecule has 178 valence electrons. The molecule has 0 aliphatic heterocycles. The SMILES string of the molecule is CCn1c(-c2ccnc(Nc3ccc(S(=O)(=O)NCCCOc4ccon4)cc3)n2)cnc1C. The summed E-state index contributed by atoms with van der Waals surface area (Å²) in [5.41, 5.74) is 2.32. The average molecular weight is 484 g/mol. The highest BCUT2D eigenvalue weighted by atomic mass is 32.2. The van der Waals surface area contributed by atoms with E-state index in [1.807, 2.05) is 13.0 Å². The van der Waals surface area contributed by atoms with E-state index in [2.05, 4.69) is 46.2 Å². The van der Waals surface area contributed by atoms with Gasteiger partial charge < -0.3 is 19.1 Å². The third-order valence-electron chi connectivity index (χ3n) is 4.99. The molecule has 0 radical (unpaired) electrons. The Hall–Kier alpha value is -3.77. The van der Waals surface area contributed by atoms with Crippen molar-refractivity contribution in [1.29, 1.82) is 0 Å². The van der Waals surface area contributed by atoms with Crippen LogP contribution in [0.2, 0.25) is 0 Å². The van der Waals surface area contributed by atoms with Gasteiger partial charge in [-0.2, -0.15) is 0 Å². The number of aromatic nitrogens is 5. The number of anilines is 2. The number of ether oxygens (including phenoxy) is 1. The van der Waals surface area contributed by atoms with Crippen LogP contribution in [0, 0.1) is 6.92 Å². The molecule has 11 nitrogen and oxygen atoms in total. The molecular formula is C22H25N7O4S. The Bertz CT molecular complexity index is 1320. The largest absolute Gasteiger partial charge is 0.475 e. The standard InChI is InChI=1S/C22H25N7O4S/c1-3-29-16(2)24-15-20(29)19-9-12-23-22(27-19)26-17-5-7-18(8-6-17)34(30,31)25-11-4-13-32-21-10-14-33-28-21/h5-10,12,14-15,25H,3-4,11,13H2,1-2H3,(H,23,26,27). The lowest BCUT2D eigenvalue weighted by molar-refractivity contribution is 0.275. The maximum absolute atomic E-state index is 12.5. The van der Waals surface area contributed by atoms with Crippen LogP contribution >= 0.6 is 0 Å². The molecule has 0 saturated carbocycles. The van der Waals surface area contributed by atoms with Crippen molar-refractivity contribution < 1.29 is 17.7 Å². The second-order valence-electron chi connectivity index (χ2n) is 7.29. The van der Waals surface area contributed by atoms with E-state index in [0.717, 1.165) is 23.8 Å². The van der Waals surface area contributed by atoms with E-state index in [0.29, 0.717) is 30.5 Å². The van der Waals surface area contributed by atoms with Crippen LogP contribution in [-0.2, 0) is 16.6 Å². The van der Waals surface area contributed by atoms with Crippen LogP contribution in [0.15, 0.2) is 64.5 Å². The predicted octanol–water partition coefficient (Wildman–Crippen LogP) is 3.15. The first-order chi connectivity index (χ1) is 16.5. The van der Waals surface area contributed by atoms with Crippen molar-refractivity contribution in [3.05, 3.63) is 60.9 Å². The number of hydrogen-bond donors (Lipinski definition) is 2. The highest BCUT2D eigenvalue weighted by Crippen LogP contribution is 2.21. The molecule has 3 aromatic heterocycles. The molecule has 12 heteroatoms. The first-order valence-electron chi connectivity index (χ1n) is 10.7. The number of hydrogen-bond acceptors (Lipinski definition) is 9. The first kappa shape index (κ1) is 23.4. The van der Waals surface area contributed by atoms with Crippen LogP contribution in [0.1, 0.15) is 19.2 Å². The van der Waals surface area contributed by atoms with Crippen molar-refractivity contribution in [2.24, 2.45) is 0 Å². The van der Waals surface area contributed by atoms with Crippen LogP contribution in [0.25, 0.3) is 11.4 Å². The molecule has 3 heterocycles. The Morgan fingerprint density at radius 2 is 1.94 bits per heavy atom. The van der Waals surface area contributed by atoms with Gasteiger partial charge in [-0.05, 0) is 55.8 Å². The van der Waals surface area contributed by atoms with E-state index < -0.39 is 10.0 Å². The fraction of sp³-hybridized carbons (Fsp3) is 0.273. The number of rotatable bonds is 11.